The van der Waals surface area contributed by atoms with Crippen molar-refractivity contribution in [2.75, 3.05) is 18.4 Å². The minimum atomic E-state index is -0.00329. The van der Waals surface area contributed by atoms with Gasteiger partial charge in [0.25, 0.3) is 0 Å². The number of likely N-dealkylation sites (tertiary alicyclic amines) is 1. The second kappa shape index (κ2) is 8.93. The van der Waals surface area contributed by atoms with Gasteiger partial charge in [-0.1, -0.05) is 35.8 Å². The highest BCUT2D eigenvalue weighted by molar-refractivity contribution is 7.19. The van der Waals surface area contributed by atoms with Crippen LogP contribution >= 0.6 is 22.9 Å². The van der Waals surface area contributed by atoms with Crippen LogP contribution in [0.1, 0.15) is 56.0 Å². The first-order valence-electron chi connectivity index (χ1n) is 10.3. The van der Waals surface area contributed by atoms with Crippen LogP contribution < -0.4 is 11.1 Å². The van der Waals surface area contributed by atoms with E-state index in [1.807, 2.05) is 17.9 Å². The van der Waals surface area contributed by atoms with Crippen molar-refractivity contribution >= 4 is 39.8 Å². The number of amides is 1. The first-order chi connectivity index (χ1) is 14.0. The average molecular weight is 435 g/mol. The maximum atomic E-state index is 12.9. The number of carbonyl (C=O) groups is 1. The Kier molecular flexibility index (Phi) is 6.32. The number of piperidine rings is 1. The summed E-state index contributed by atoms with van der Waals surface area (Å²) < 4.78 is 0.633. The zero-order chi connectivity index (χ0) is 20.4. The van der Waals surface area contributed by atoms with Crippen molar-refractivity contribution in [2.24, 2.45) is 11.7 Å². The third-order valence-corrected chi connectivity index (χ3v) is 6.92. The van der Waals surface area contributed by atoms with E-state index in [0.717, 1.165) is 69.0 Å². The molecule has 2 aliphatic rings. The Morgan fingerprint density at radius 3 is 2.69 bits per heavy atom. The highest BCUT2D eigenvalue weighted by atomic mass is 35.5. The molecule has 0 spiro atoms. The van der Waals surface area contributed by atoms with E-state index in [1.54, 1.807) is 6.20 Å². The van der Waals surface area contributed by atoms with Gasteiger partial charge in [0.05, 0.1) is 12.1 Å². The lowest BCUT2D eigenvalue weighted by Gasteiger charge is -2.36. The van der Waals surface area contributed by atoms with Gasteiger partial charge >= 0.3 is 0 Å². The number of rotatable bonds is 4. The van der Waals surface area contributed by atoms with Crippen LogP contribution in [-0.4, -0.2) is 44.9 Å². The van der Waals surface area contributed by atoms with Crippen molar-refractivity contribution in [1.29, 1.82) is 0 Å². The molecule has 0 radical (unpaired) electrons. The molecule has 1 saturated heterocycles. The van der Waals surface area contributed by atoms with Gasteiger partial charge in [-0.25, -0.2) is 15.0 Å². The van der Waals surface area contributed by atoms with E-state index in [0.29, 0.717) is 9.47 Å². The lowest BCUT2D eigenvalue weighted by molar-refractivity contribution is -0.138. The van der Waals surface area contributed by atoms with E-state index < -0.39 is 0 Å². The smallest absolute Gasteiger partial charge is 0.227 e. The average Bonchev–Trinajstić information content (AvgIpc) is 3.12. The fourth-order valence-corrected chi connectivity index (χ4v) is 5.14. The molecule has 0 bridgehead atoms. The predicted molar refractivity (Wildman–Crippen MR) is 116 cm³/mol. The van der Waals surface area contributed by atoms with Crippen LogP contribution in [0.15, 0.2) is 12.3 Å². The molecule has 9 heteroatoms. The fraction of sp³-hybridized carbons (Fsp3) is 0.600. The summed E-state index contributed by atoms with van der Waals surface area (Å²) >= 11 is 7.33. The number of aromatic nitrogens is 3. The molecule has 2 aromatic rings. The number of nitrogens with one attached hydrogen (secondary N) is 1. The van der Waals surface area contributed by atoms with Crippen LogP contribution in [0.25, 0.3) is 0 Å². The number of nitrogens with zero attached hydrogens (tertiary/aromatic N) is 4. The minimum Gasteiger partial charge on any atom is -0.342 e. The summed E-state index contributed by atoms with van der Waals surface area (Å²) in [5.41, 5.74) is 7.13. The third-order valence-electron chi connectivity index (χ3n) is 5.89. The van der Waals surface area contributed by atoms with Gasteiger partial charge in [0.2, 0.25) is 5.91 Å². The number of aryl methyl sites for hydroxylation is 1. The summed E-state index contributed by atoms with van der Waals surface area (Å²) in [4.78, 5) is 28.5. The Morgan fingerprint density at radius 1 is 1.24 bits per heavy atom. The molecule has 1 amide bonds. The standard InChI is InChI=1S/C20H27ClN6OS/c1-12-10-17(26-20-23-11-16(21)29-20)25-18(24-12)13-6-8-27(9-7-13)19(28)14-4-2-3-5-15(14)22/h10-11,13-15H,2-9,22H2,1H3,(H,23,24,25,26)/t14-,15+/m0/s1. The topological polar surface area (TPSA) is 97.0 Å². The first kappa shape index (κ1) is 20.5. The maximum absolute atomic E-state index is 12.9. The molecule has 156 valence electrons. The van der Waals surface area contributed by atoms with Gasteiger partial charge in [0.1, 0.15) is 16.0 Å². The number of thiazole rings is 1. The van der Waals surface area contributed by atoms with E-state index in [9.17, 15) is 4.79 Å². The number of anilines is 2. The van der Waals surface area contributed by atoms with Crippen molar-refractivity contribution in [1.82, 2.24) is 19.9 Å². The van der Waals surface area contributed by atoms with Gasteiger partial charge in [0.15, 0.2) is 5.13 Å². The molecule has 2 fully saturated rings. The molecular weight excluding hydrogens is 408 g/mol. The number of hydrogen-bond donors (Lipinski definition) is 2. The van der Waals surface area contributed by atoms with Crippen LogP contribution in [0.5, 0.6) is 0 Å². The van der Waals surface area contributed by atoms with Crippen LogP contribution in [0.4, 0.5) is 10.9 Å². The van der Waals surface area contributed by atoms with E-state index in [-0.39, 0.29) is 23.8 Å². The van der Waals surface area contributed by atoms with Gasteiger partial charge in [-0.2, -0.15) is 0 Å². The SMILES string of the molecule is Cc1cc(Nc2ncc(Cl)s2)nc(C2CCN(C(=O)[C@H]3CCCC[C@H]3N)CC2)n1. The summed E-state index contributed by atoms with van der Waals surface area (Å²) in [7, 11) is 0. The molecule has 1 saturated carbocycles. The molecule has 29 heavy (non-hydrogen) atoms. The summed E-state index contributed by atoms with van der Waals surface area (Å²) in [6, 6.07) is 1.92. The highest BCUT2D eigenvalue weighted by Crippen LogP contribution is 2.31. The Morgan fingerprint density at radius 2 is 2.00 bits per heavy atom. The van der Waals surface area contributed by atoms with Crippen molar-refractivity contribution in [2.45, 2.75) is 57.4 Å². The Hall–Kier alpha value is -1.77. The zero-order valence-electron chi connectivity index (χ0n) is 16.6. The van der Waals surface area contributed by atoms with Gasteiger partial charge in [-0.3, -0.25) is 4.79 Å². The monoisotopic (exact) mass is 434 g/mol. The molecule has 7 nitrogen and oxygen atoms in total. The second-order valence-electron chi connectivity index (χ2n) is 8.00. The minimum absolute atomic E-state index is 0.00329. The van der Waals surface area contributed by atoms with Crippen LogP contribution in [0.3, 0.4) is 0 Å². The van der Waals surface area contributed by atoms with E-state index in [2.05, 4.69) is 15.3 Å². The molecule has 1 aliphatic carbocycles. The van der Waals surface area contributed by atoms with Gasteiger partial charge in [-0.05, 0) is 32.6 Å². The largest absolute Gasteiger partial charge is 0.342 e. The lowest BCUT2D eigenvalue weighted by atomic mass is 9.83. The summed E-state index contributed by atoms with van der Waals surface area (Å²) in [6.45, 7) is 3.46. The van der Waals surface area contributed by atoms with Crippen molar-refractivity contribution in [3.05, 3.63) is 28.1 Å². The molecule has 1 aliphatic heterocycles. The molecule has 2 aromatic heterocycles. The first-order valence-corrected chi connectivity index (χ1v) is 11.5. The molecule has 3 heterocycles. The number of halogens is 1. The second-order valence-corrected chi connectivity index (χ2v) is 9.66. The molecule has 2 atom stereocenters. The van der Waals surface area contributed by atoms with Gasteiger partial charge in [0, 0.05) is 36.8 Å². The normalized spacial score (nSPS) is 23.2. The molecule has 4 rings (SSSR count). The van der Waals surface area contributed by atoms with E-state index in [4.69, 9.17) is 22.3 Å². The van der Waals surface area contributed by atoms with Crippen molar-refractivity contribution in [3.63, 3.8) is 0 Å². The van der Waals surface area contributed by atoms with Gasteiger partial charge < -0.3 is 16.0 Å². The highest BCUT2D eigenvalue weighted by Gasteiger charge is 2.34. The number of carbonyl (C=O) groups excluding carboxylic acids is 1. The summed E-state index contributed by atoms with van der Waals surface area (Å²) in [5, 5.41) is 3.92. The molecule has 3 N–H and O–H groups in total. The Labute approximate surface area is 180 Å². The van der Waals surface area contributed by atoms with E-state index >= 15 is 0 Å². The Bertz CT molecular complexity index is 866. The number of hydrogen-bond acceptors (Lipinski definition) is 7. The maximum Gasteiger partial charge on any atom is 0.227 e. The van der Waals surface area contributed by atoms with Crippen LogP contribution in [-0.2, 0) is 4.79 Å². The summed E-state index contributed by atoms with van der Waals surface area (Å²) in [5.74, 6) is 2.04. The fourth-order valence-electron chi connectivity index (χ4n) is 4.32. The predicted octanol–water partition coefficient (Wildman–Crippen LogP) is 3.86. The summed E-state index contributed by atoms with van der Waals surface area (Å²) in [6.07, 6.45) is 7.51. The third kappa shape index (κ3) is 4.87. The van der Waals surface area contributed by atoms with Crippen LogP contribution in [0, 0.1) is 12.8 Å². The van der Waals surface area contributed by atoms with Gasteiger partial charge in [-0.15, -0.1) is 0 Å². The molecular formula is C20H27ClN6OS. The number of nitrogens with two attached hydrogens (primary N) is 1. The van der Waals surface area contributed by atoms with Crippen LogP contribution in [0.2, 0.25) is 4.34 Å². The zero-order valence-corrected chi connectivity index (χ0v) is 18.2. The Balaban J connectivity index is 1.39. The van der Waals surface area contributed by atoms with E-state index in [1.165, 1.54) is 11.3 Å². The quantitative estimate of drug-likeness (QED) is 0.758. The van der Waals surface area contributed by atoms with Crippen molar-refractivity contribution in [3.8, 4) is 0 Å². The molecule has 0 unspecified atom stereocenters. The van der Waals surface area contributed by atoms with Crippen molar-refractivity contribution < 1.29 is 4.79 Å². The molecule has 0 aromatic carbocycles. The lowest BCUT2D eigenvalue weighted by Crippen LogP contribution is -2.48.